The van der Waals surface area contributed by atoms with Crippen LogP contribution < -0.4 is 5.56 Å². The normalized spacial score (nSPS) is 13.6. The maximum atomic E-state index is 11.5. The predicted molar refractivity (Wildman–Crippen MR) is 71.2 cm³/mol. The highest BCUT2D eigenvalue weighted by Gasteiger charge is 2.18. The average molecular weight is 253 g/mol. The van der Waals surface area contributed by atoms with Crippen molar-refractivity contribution in [1.29, 1.82) is 0 Å². The van der Waals surface area contributed by atoms with Crippen LogP contribution in [0, 0.1) is 18.3 Å². The Balaban J connectivity index is 2.96. The van der Waals surface area contributed by atoms with Crippen LogP contribution >= 0.6 is 0 Å². The lowest BCUT2D eigenvalue weighted by Gasteiger charge is -2.23. The van der Waals surface area contributed by atoms with E-state index in [1.165, 1.54) is 0 Å². The molecule has 1 heterocycles. The molecule has 0 aromatic carbocycles. The SMILES string of the molecule is Cc1cc(CC(C)CC(C)(C)C)n(O)c(=O)c1O. The summed E-state index contributed by atoms with van der Waals surface area (Å²) in [7, 11) is 0. The van der Waals surface area contributed by atoms with Gasteiger partial charge in [0.25, 0.3) is 0 Å². The first-order chi connectivity index (χ1) is 8.11. The number of aromatic hydroxyl groups is 1. The maximum Gasteiger partial charge on any atom is 0.325 e. The van der Waals surface area contributed by atoms with Crippen molar-refractivity contribution in [3.05, 3.63) is 27.7 Å². The minimum Gasteiger partial charge on any atom is -0.503 e. The molecule has 2 N–H and O–H groups in total. The Hall–Kier alpha value is -1.45. The second kappa shape index (κ2) is 5.04. The van der Waals surface area contributed by atoms with Crippen LogP contribution in [-0.4, -0.2) is 15.0 Å². The first-order valence-electron chi connectivity index (χ1n) is 6.25. The van der Waals surface area contributed by atoms with Crippen molar-refractivity contribution in [1.82, 2.24) is 4.73 Å². The molecule has 1 rings (SSSR count). The molecule has 0 saturated carbocycles. The van der Waals surface area contributed by atoms with Crippen LogP contribution in [0.2, 0.25) is 0 Å². The summed E-state index contributed by atoms with van der Waals surface area (Å²) in [5.74, 6) is -0.0310. The molecule has 1 aromatic heterocycles. The molecule has 4 nitrogen and oxygen atoms in total. The molecule has 0 aliphatic rings. The molecule has 4 heteroatoms. The Bertz CT molecular complexity index is 483. The molecule has 0 spiro atoms. The standard InChI is InChI=1S/C14H23NO3/c1-9(8-14(3,4)5)6-11-7-10(2)12(16)13(17)15(11)18/h7,9,16,18H,6,8H2,1-5H3. The third-order valence-electron chi connectivity index (χ3n) is 2.94. The topological polar surface area (TPSA) is 62.5 Å². The highest BCUT2D eigenvalue weighted by Crippen LogP contribution is 2.26. The van der Waals surface area contributed by atoms with Crippen molar-refractivity contribution in [3.63, 3.8) is 0 Å². The fourth-order valence-electron chi connectivity index (χ4n) is 2.40. The summed E-state index contributed by atoms with van der Waals surface area (Å²) in [6.45, 7) is 10.2. The number of aromatic nitrogens is 1. The van der Waals surface area contributed by atoms with E-state index in [1.54, 1.807) is 13.0 Å². The predicted octanol–water partition coefficient (Wildman–Crippen LogP) is 2.71. The lowest BCUT2D eigenvalue weighted by Crippen LogP contribution is -2.23. The Morgan fingerprint density at radius 2 is 1.94 bits per heavy atom. The zero-order valence-corrected chi connectivity index (χ0v) is 11.8. The van der Waals surface area contributed by atoms with Crippen molar-refractivity contribution < 1.29 is 10.3 Å². The Morgan fingerprint density at radius 3 is 2.44 bits per heavy atom. The van der Waals surface area contributed by atoms with E-state index in [4.69, 9.17) is 0 Å². The van der Waals surface area contributed by atoms with Crippen LogP contribution in [0.5, 0.6) is 5.75 Å². The van der Waals surface area contributed by atoms with E-state index < -0.39 is 5.56 Å². The molecule has 0 saturated heterocycles. The minimum atomic E-state index is -0.743. The van der Waals surface area contributed by atoms with E-state index in [9.17, 15) is 15.1 Å². The summed E-state index contributed by atoms with van der Waals surface area (Å²) < 4.78 is 0.557. The van der Waals surface area contributed by atoms with Gasteiger partial charge in [-0.1, -0.05) is 27.7 Å². The van der Waals surface area contributed by atoms with E-state index in [-0.39, 0.29) is 11.2 Å². The van der Waals surface area contributed by atoms with E-state index in [0.29, 0.717) is 28.3 Å². The molecule has 0 aliphatic carbocycles. The quantitative estimate of drug-likeness (QED) is 0.814. The van der Waals surface area contributed by atoms with E-state index in [1.807, 2.05) is 0 Å². The molecule has 1 unspecified atom stereocenters. The van der Waals surface area contributed by atoms with Crippen LogP contribution in [0.1, 0.15) is 45.4 Å². The lowest BCUT2D eigenvalue weighted by atomic mass is 9.83. The Morgan fingerprint density at radius 1 is 1.39 bits per heavy atom. The van der Waals surface area contributed by atoms with Crippen molar-refractivity contribution in [2.75, 3.05) is 0 Å². The number of aryl methyl sites for hydroxylation is 1. The third-order valence-corrected chi connectivity index (χ3v) is 2.94. The summed E-state index contributed by atoms with van der Waals surface area (Å²) in [5.41, 5.74) is 0.523. The second-order valence-electron chi connectivity index (χ2n) is 6.36. The van der Waals surface area contributed by atoms with Crippen LogP contribution in [0.15, 0.2) is 10.9 Å². The summed E-state index contributed by atoms with van der Waals surface area (Å²) in [5, 5.41) is 19.1. The van der Waals surface area contributed by atoms with Gasteiger partial charge in [-0.3, -0.25) is 4.79 Å². The fourth-order valence-corrected chi connectivity index (χ4v) is 2.40. The largest absolute Gasteiger partial charge is 0.503 e. The Kier molecular flexibility index (Phi) is 4.09. The van der Waals surface area contributed by atoms with Crippen LogP contribution in [0.25, 0.3) is 0 Å². The maximum absolute atomic E-state index is 11.5. The van der Waals surface area contributed by atoms with Gasteiger partial charge < -0.3 is 10.3 Å². The van der Waals surface area contributed by atoms with Crippen molar-refractivity contribution >= 4 is 0 Å². The Labute approximate surface area is 108 Å². The number of pyridine rings is 1. The van der Waals surface area contributed by atoms with Crippen LogP contribution in [0.4, 0.5) is 0 Å². The van der Waals surface area contributed by atoms with Gasteiger partial charge in [-0.15, -0.1) is 4.73 Å². The summed E-state index contributed by atoms with van der Waals surface area (Å²) in [4.78, 5) is 11.5. The number of hydrogen-bond donors (Lipinski definition) is 2. The van der Waals surface area contributed by atoms with E-state index in [2.05, 4.69) is 27.7 Å². The number of hydrogen-bond acceptors (Lipinski definition) is 3. The first kappa shape index (κ1) is 14.6. The molecular formula is C14H23NO3. The highest BCUT2D eigenvalue weighted by atomic mass is 16.5. The van der Waals surface area contributed by atoms with Gasteiger partial charge in [0.15, 0.2) is 5.75 Å². The molecule has 0 fully saturated rings. The average Bonchev–Trinajstić information content (AvgIpc) is 2.20. The van der Waals surface area contributed by atoms with Gasteiger partial charge in [0.1, 0.15) is 0 Å². The van der Waals surface area contributed by atoms with Gasteiger partial charge in [0.2, 0.25) is 0 Å². The van der Waals surface area contributed by atoms with E-state index >= 15 is 0 Å². The van der Waals surface area contributed by atoms with Gasteiger partial charge in [-0.25, -0.2) is 0 Å². The molecule has 18 heavy (non-hydrogen) atoms. The summed E-state index contributed by atoms with van der Waals surface area (Å²) in [6.07, 6.45) is 1.62. The molecule has 0 radical (unpaired) electrons. The van der Waals surface area contributed by atoms with Gasteiger partial charge in [0.05, 0.1) is 5.69 Å². The van der Waals surface area contributed by atoms with Gasteiger partial charge >= 0.3 is 5.56 Å². The highest BCUT2D eigenvalue weighted by molar-refractivity contribution is 5.30. The summed E-state index contributed by atoms with van der Waals surface area (Å²) in [6, 6.07) is 1.66. The van der Waals surface area contributed by atoms with Crippen LogP contribution in [-0.2, 0) is 6.42 Å². The monoisotopic (exact) mass is 253 g/mol. The van der Waals surface area contributed by atoms with Gasteiger partial charge in [-0.05, 0) is 42.7 Å². The lowest BCUT2D eigenvalue weighted by molar-refractivity contribution is 0.156. The van der Waals surface area contributed by atoms with Crippen molar-refractivity contribution in [2.24, 2.45) is 11.3 Å². The molecule has 0 aliphatic heterocycles. The third kappa shape index (κ3) is 3.52. The van der Waals surface area contributed by atoms with Gasteiger partial charge in [-0.2, -0.15) is 0 Å². The number of nitrogens with zero attached hydrogens (tertiary/aromatic N) is 1. The number of rotatable bonds is 3. The van der Waals surface area contributed by atoms with Gasteiger partial charge in [0, 0.05) is 0 Å². The van der Waals surface area contributed by atoms with Crippen molar-refractivity contribution in [3.8, 4) is 5.75 Å². The first-order valence-corrected chi connectivity index (χ1v) is 6.25. The minimum absolute atomic E-state index is 0.214. The zero-order chi connectivity index (χ0) is 14.1. The molecule has 0 bridgehead atoms. The second-order valence-corrected chi connectivity index (χ2v) is 6.36. The molecule has 1 aromatic rings. The zero-order valence-electron chi connectivity index (χ0n) is 11.8. The molecule has 1 atom stereocenters. The molecular weight excluding hydrogens is 230 g/mol. The fraction of sp³-hybridized carbons (Fsp3) is 0.643. The molecule has 0 amide bonds. The van der Waals surface area contributed by atoms with Crippen molar-refractivity contribution in [2.45, 2.75) is 47.5 Å². The van der Waals surface area contributed by atoms with Crippen LogP contribution in [0.3, 0.4) is 0 Å². The summed E-state index contributed by atoms with van der Waals surface area (Å²) >= 11 is 0. The van der Waals surface area contributed by atoms with E-state index in [0.717, 1.165) is 6.42 Å². The smallest absolute Gasteiger partial charge is 0.325 e. The molecule has 102 valence electrons.